The van der Waals surface area contributed by atoms with Gasteiger partial charge in [-0.05, 0) is 49.3 Å². The summed E-state index contributed by atoms with van der Waals surface area (Å²) in [4.78, 5) is 27.8. The van der Waals surface area contributed by atoms with Gasteiger partial charge in [0.2, 0.25) is 11.8 Å². The number of aryl methyl sites for hydroxylation is 1. The largest absolute Gasteiger partial charge is 0.352 e. The van der Waals surface area contributed by atoms with Crippen molar-refractivity contribution in [2.75, 3.05) is 0 Å². The van der Waals surface area contributed by atoms with Crippen LogP contribution in [0.5, 0.6) is 0 Å². The van der Waals surface area contributed by atoms with Crippen molar-refractivity contribution < 1.29 is 14.0 Å². The number of rotatable bonds is 9. The maximum absolute atomic E-state index is 14.4. The first-order valence-corrected chi connectivity index (χ1v) is 12.3. The lowest BCUT2D eigenvalue weighted by Gasteiger charge is -2.31. The number of hydrogen-bond acceptors (Lipinski definition) is 2. The highest BCUT2D eigenvalue weighted by atomic mass is 19.1. The van der Waals surface area contributed by atoms with Crippen molar-refractivity contribution >= 4 is 11.8 Å². The summed E-state index contributed by atoms with van der Waals surface area (Å²) in [5.74, 6) is -0.203. The molecule has 1 fully saturated rings. The molecular formula is C28H37FN2O2. The molecule has 0 unspecified atom stereocenters. The Bertz CT molecular complexity index is 920. The lowest BCUT2D eigenvalue weighted by atomic mass is 9.95. The van der Waals surface area contributed by atoms with Crippen LogP contribution in [0.3, 0.4) is 0 Å². The van der Waals surface area contributed by atoms with Crippen LogP contribution in [0.4, 0.5) is 4.39 Å². The minimum absolute atomic E-state index is 0.0804. The standard InChI is InChI=1S/C28H37FN2O2/c1-20(2)23-16-13-22(14-17-23)15-18-27(32)31(19-24-9-7-8-12-26(24)29)21(3)28(33)30-25-10-5-4-6-11-25/h7-9,12-14,16-17,20-21,25H,4-6,10-11,15,18-19H2,1-3H3,(H,30,33)/t21-/m0/s1. The van der Waals surface area contributed by atoms with E-state index in [9.17, 15) is 14.0 Å². The summed E-state index contributed by atoms with van der Waals surface area (Å²) in [6.07, 6.45) is 6.26. The van der Waals surface area contributed by atoms with Crippen LogP contribution in [-0.2, 0) is 22.6 Å². The van der Waals surface area contributed by atoms with Crippen molar-refractivity contribution in [2.24, 2.45) is 0 Å². The molecule has 1 saturated carbocycles. The van der Waals surface area contributed by atoms with E-state index in [1.807, 2.05) is 0 Å². The van der Waals surface area contributed by atoms with Crippen LogP contribution in [0.15, 0.2) is 48.5 Å². The third-order valence-corrected chi connectivity index (χ3v) is 6.69. The average Bonchev–Trinajstić information content (AvgIpc) is 2.82. The number of amides is 2. The molecule has 1 aliphatic carbocycles. The monoisotopic (exact) mass is 452 g/mol. The highest BCUT2D eigenvalue weighted by molar-refractivity contribution is 5.87. The zero-order valence-corrected chi connectivity index (χ0v) is 20.1. The topological polar surface area (TPSA) is 49.4 Å². The fraction of sp³-hybridized carbons (Fsp3) is 0.500. The van der Waals surface area contributed by atoms with Crippen molar-refractivity contribution in [3.63, 3.8) is 0 Å². The molecule has 0 aromatic heterocycles. The van der Waals surface area contributed by atoms with Gasteiger partial charge in [-0.25, -0.2) is 4.39 Å². The molecule has 0 saturated heterocycles. The second-order valence-electron chi connectivity index (χ2n) is 9.53. The lowest BCUT2D eigenvalue weighted by molar-refractivity contribution is -0.141. The average molecular weight is 453 g/mol. The van der Waals surface area contributed by atoms with E-state index in [1.165, 1.54) is 23.0 Å². The van der Waals surface area contributed by atoms with E-state index in [-0.39, 0.29) is 36.6 Å². The normalized spacial score (nSPS) is 15.3. The van der Waals surface area contributed by atoms with Gasteiger partial charge in [0, 0.05) is 24.6 Å². The van der Waals surface area contributed by atoms with Crippen LogP contribution in [0.1, 0.15) is 81.9 Å². The number of nitrogens with zero attached hydrogens (tertiary/aromatic N) is 1. The Balaban J connectivity index is 1.70. The molecule has 1 aliphatic rings. The Morgan fingerprint density at radius 3 is 2.30 bits per heavy atom. The number of halogens is 1. The van der Waals surface area contributed by atoms with E-state index < -0.39 is 6.04 Å². The Morgan fingerprint density at radius 2 is 1.67 bits per heavy atom. The molecular weight excluding hydrogens is 415 g/mol. The molecule has 178 valence electrons. The van der Waals surface area contributed by atoms with E-state index in [0.717, 1.165) is 31.2 Å². The smallest absolute Gasteiger partial charge is 0.242 e. The fourth-order valence-electron chi connectivity index (χ4n) is 4.43. The zero-order chi connectivity index (χ0) is 23.8. The second-order valence-corrected chi connectivity index (χ2v) is 9.53. The minimum atomic E-state index is -0.664. The van der Waals surface area contributed by atoms with E-state index in [2.05, 4.69) is 43.4 Å². The van der Waals surface area contributed by atoms with Crippen LogP contribution in [0.25, 0.3) is 0 Å². The summed E-state index contributed by atoms with van der Waals surface area (Å²) in [5, 5.41) is 3.12. The molecule has 0 bridgehead atoms. The highest BCUT2D eigenvalue weighted by Gasteiger charge is 2.28. The van der Waals surface area contributed by atoms with Gasteiger partial charge in [-0.1, -0.05) is 75.6 Å². The first-order chi connectivity index (χ1) is 15.8. The van der Waals surface area contributed by atoms with Crippen molar-refractivity contribution in [2.45, 2.75) is 90.3 Å². The van der Waals surface area contributed by atoms with Crippen LogP contribution >= 0.6 is 0 Å². The summed E-state index contributed by atoms with van der Waals surface area (Å²) in [6.45, 7) is 6.13. The van der Waals surface area contributed by atoms with Crippen LogP contribution in [0.2, 0.25) is 0 Å². The van der Waals surface area contributed by atoms with Gasteiger partial charge in [0.25, 0.3) is 0 Å². The summed E-state index contributed by atoms with van der Waals surface area (Å²) in [5.41, 5.74) is 2.77. The molecule has 2 amide bonds. The maximum Gasteiger partial charge on any atom is 0.242 e. The Hall–Kier alpha value is -2.69. The van der Waals surface area contributed by atoms with E-state index in [1.54, 1.807) is 25.1 Å². The van der Waals surface area contributed by atoms with Gasteiger partial charge in [0.15, 0.2) is 0 Å². The molecule has 1 N–H and O–H groups in total. The van der Waals surface area contributed by atoms with Crippen molar-refractivity contribution in [3.8, 4) is 0 Å². The summed E-state index contributed by atoms with van der Waals surface area (Å²) in [6, 6.07) is 14.3. The van der Waals surface area contributed by atoms with Crippen LogP contribution in [0, 0.1) is 5.82 Å². The number of benzene rings is 2. The van der Waals surface area contributed by atoms with Gasteiger partial charge in [0.05, 0.1) is 0 Å². The number of carbonyl (C=O) groups excluding carboxylic acids is 2. The molecule has 2 aromatic rings. The van der Waals surface area contributed by atoms with Gasteiger partial charge < -0.3 is 10.2 Å². The molecule has 5 heteroatoms. The highest BCUT2D eigenvalue weighted by Crippen LogP contribution is 2.20. The number of hydrogen-bond donors (Lipinski definition) is 1. The van der Waals surface area contributed by atoms with Crippen molar-refractivity contribution in [1.29, 1.82) is 0 Å². The summed E-state index contributed by atoms with van der Waals surface area (Å²) in [7, 11) is 0. The second kappa shape index (κ2) is 12.0. The quantitative estimate of drug-likeness (QED) is 0.527. The maximum atomic E-state index is 14.4. The van der Waals surface area contributed by atoms with Gasteiger partial charge in [0.1, 0.15) is 11.9 Å². The van der Waals surface area contributed by atoms with Crippen molar-refractivity contribution in [3.05, 3.63) is 71.0 Å². The molecule has 1 atom stereocenters. The summed E-state index contributed by atoms with van der Waals surface area (Å²) < 4.78 is 14.4. The van der Waals surface area contributed by atoms with Gasteiger partial charge in [-0.3, -0.25) is 9.59 Å². The predicted molar refractivity (Wildman–Crippen MR) is 130 cm³/mol. The molecule has 4 nitrogen and oxygen atoms in total. The number of nitrogens with one attached hydrogen (secondary N) is 1. The molecule has 0 spiro atoms. The lowest BCUT2D eigenvalue weighted by Crippen LogP contribution is -2.50. The molecule has 0 aliphatic heterocycles. The minimum Gasteiger partial charge on any atom is -0.352 e. The van der Waals surface area contributed by atoms with Crippen LogP contribution in [-0.4, -0.2) is 28.8 Å². The first-order valence-electron chi connectivity index (χ1n) is 12.3. The van der Waals surface area contributed by atoms with E-state index >= 15 is 0 Å². The third-order valence-electron chi connectivity index (χ3n) is 6.69. The molecule has 0 radical (unpaired) electrons. The summed E-state index contributed by atoms with van der Waals surface area (Å²) >= 11 is 0. The Kier molecular flexibility index (Phi) is 9.04. The van der Waals surface area contributed by atoms with Crippen LogP contribution < -0.4 is 5.32 Å². The van der Waals surface area contributed by atoms with E-state index in [4.69, 9.17) is 0 Å². The molecule has 2 aromatic carbocycles. The van der Waals surface area contributed by atoms with Gasteiger partial charge in [-0.15, -0.1) is 0 Å². The fourth-order valence-corrected chi connectivity index (χ4v) is 4.43. The molecule has 0 heterocycles. The molecule has 33 heavy (non-hydrogen) atoms. The first kappa shape index (κ1) is 24.9. The molecule has 3 rings (SSSR count). The van der Waals surface area contributed by atoms with Gasteiger partial charge >= 0.3 is 0 Å². The van der Waals surface area contributed by atoms with Crippen molar-refractivity contribution in [1.82, 2.24) is 10.2 Å². The third kappa shape index (κ3) is 7.15. The Morgan fingerprint density at radius 1 is 1.00 bits per heavy atom. The number of carbonyl (C=O) groups is 2. The van der Waals surface area contributed by atoms with E-state index in [0.29, 0.717) is 17.9 Å². The predicted octanol–water partition coefficient (Wildman–Crippen LogP) is 5.75. The van der Waals surface area contributed by atoms with Gasteiger partial charge in [-0.2, -0.15) is 0 Å². The zero-order valence-electron chi connectivity index (χ0n) is 20.1. The SMILES string of the molecule is CC(C)c1ccc(CCC(=O)N(Cc2ccccc2F)[C@@H](C)C(=O)NC2CCCCC2)cc1. The Labute approximate surface area is 197 Å².